The number of benzene rings is 1. The van der Waals surface area contributed by atoms with Crippen molar-refractivity contribution in [1.82, 2.24) is 24.6 Å². The molecule has 0 radical (unpaired) electrons. The number of amides is 1. The van der Waals surface area contributed by atoms with Crippen LogP contribution in [0.1, 0.15) is 27.0 Å². The van der Waals surface area contributed by atoms with Gasteiger partial charge in [0.1, 0.15) is 5.25 Å². The van der Waals surface area contributed by atoms with E-state index in [2.05, 4.69) is 15.0 Å². The van der Waals surface area contributed by atoms with E-state index in [-0.39, 0.29) is 17.9 Å². The van der Waals surface area contributed by atoms with E-state index in [1.165, 1.54) is 29.0 Å². The number of fused-ring (bicyclic) bond motifs is 1. The van der Waals surface area contributed by atoms with Crippen molar-refractivity contribution in [3.8, 4) is 11.6 Å². The highest BCUT2D eigenvalue weighted by Gasteiger charge is 2.44. The van der Waals surface area contributed by atoms with Gasteiger partial charge >= 0.3 is 0 Å². The number of rotatable bonds is 5. The first-order valence-corrected chi connectivity index (χ1v) is 12.9. The Morgan fingerprint density at radius 3 is 2.50 bits per heavy atom. The summed E-state index contributed by atoms with van der Waals surface area (Å²) in [4.78, 5) is 34.8. The Balaban J connectivity index is 1.28. The van der Waals surface area contributed by atoms with Gasteiger partial charge in [0.2, 0.25) is 5.82 Å². The zero-order valence-corrected chi connectivity index (χ0v) is 21.0. The molecule has 1 saturated heterocycles. The van der Waals surface area contributed by atoms with Crippen molar-refractivity contribution in [2.45, 2.75) is 16.4 Å². The summed E-state index contributed by atoms with van der Waals surface area (Å²) >= 11 is 14.1. The fourth-order valence-corrected chi connectivity index (χ4v) is 6.33. The minimum atomic E-state index is -0.531. The molecule has 9 nitrogen and oxygen atoms in total. The number of carbonyl (C=O) groups excluding carboxylic acids is 2. The van der Waals surface area contributed by atoms with Crippen LogP contribution in [-0.2, 0) is 0 Å². The third-order valence-corrected chi connectivity index (χ3v) is 8.05. The van der Waals surface area contributed by atoms with Gasteiger partial charge in [-0.2, -0.15) is 9.67 Å². The van der Waals surface area contributed by atoms with E-state index in [4.69, 9.17) is 32.0 Å². The second-order valence-corrected chi connectivity index (χ2v) is 10.4. The number of hydrogen-bond acceptors (Lipinski definition) is 8. The average Bonchev–Trinajstić information content (AvgIpc) is 3.68. The Kier molecular flexibility index (Phi) is 6.12. The van der Waals surface area contributed by atoms with E-state index in [1.54, 1.807) is 41.3 Å². The summed E-state index contributed by atoms with van der Waals surface area (Å²) in [6, 6.07) is 11.8. The molecule has 0 N–H and O–H groups in total. The molecule has 36 heavy (non-hydrogen) atoms. The molecule has 1 aromatic carbocycles. The molecular weight excluding hydrogens is 525 g/mol. The number of thioether (sulfide) groups is 1. The summed E-state index contributed by atoms with van der Waals surface area (Å²) in [6.07, 6.45) is 3.02. The Hall–Kier alpha value is -3.05. The first-order chi connectivity index (χ1) is 17.5. The lowest BCUT2D eigenvalue weighted by atomic mass is 9.99. The minimum absolute atomic E-state index is 0.151. The molecule has 0 aliphatic carbocycles. The molecule has 1 unspecified atom stereocenters. The van der Waals surface area contributed by atoms with Crippen molar-refractivity contribution >= 4 is 46.8 Å². The van der Waals surface area contributed by atoms with Gasteiger partial charge in [0.15, 0.2) is 16.7 Å². The molecule has 0 spiro atoms. The summed E-state index contributed by atoms with van der Waals surface area (Å²) in [6.45, 7) is 2.07. The normalized spacial score (nSPS) is 19.0. The third-order valence-electron chi connectivity index (χ3n) is 6.30. The minimum Gasteiger partial charge on any atom is -0.461 e. The lowest BCUT2D eigenvalue weighted by Gasteiger charge is -2.40. The number of hydrogen-bond donors (Lipinski definition) is 0. The molecule has 184 valence electrons. The molecule has 5 heterocycles. The first-order valence-electron chi connectivity index (χ1n) is 11.2. The second kappa shape index (κ2) is 9.44. The van der Waals surface area contributed by atoms with E-state index in [9.17, 15) is 9.59 Å². The summed E-state index contributed by atoms with van der Waals surface area (Å²) in [5.41, 5.74) is 0.787. The molecule has 0 bridgehead atoms. The summed E-state index contributed by atoms with van der Waals surface area (Å²) in [5, 5.41) is 5.35. The van der Waals surface area contributed by atoms with Gasteiger partial charge in [-0.05, 0) is 42.0 Å². The van der Waals surface area contributed by atoms with E-state index < -0.39 is 5.25 Å². The molecule has 2 aliphatic heterocycles. The largest absolute Gasteiger partial charge is 0.461 e. The van der Waals surface area contributed by atoms with Crippen molar-refractivity contribution in [2.24, 2.45) is 0 Å². The quantitative estimate of drug-likeness (QED) is 0.355. The van der Waals surface area contributed by atoms with Crippen LogP contribution in [0.2, 0.25) is 10.0 Å². The molecular formula is C24H19Cl2N5O4S. The first kappa shape index (κ1) is 23.4. The maximum Gasteiger partial charge on any atom is 0.289 e. The Labute approximate surface area is 219 Å². The molecule has 4 aromatic rings. The van der Waals surface area contributed by atoms with Crippen LogP contribution in [0.4, 0.5) is 0 Å². The summed E-state index contributed by atoms with van der Waals surface area (Å²) in [5.74, 6) is 0.829. The van der Waals surface area contributed by atoms with Crippen LogP contribution in [0.15, 0.2) is 69.0 Å². The maximum absolute atomic E-state index is 13.6. The number of carbonyl (C=O) groups is 2. The lowest BCUT2D eigenvalue weighted by Crippen LogP contribution is -2.52. The van der Waals surface area contributed by atoms with Crippen molar-refractivity contribution in [3.63, 3.8) is 0 Å². The van der Waals surface area contributed by atoms with Gasteiger partial charge in [0.05, 0.1) is 18.6 Å². The van der Waals surface area contributed by atoms with Crippen LogP contribution in [-0.4, -0.2) is 67.8 Å². The van der Waals surface area contributed by atoms with Crippen molar-refractivity contribution in [2.75, 3.05) is 26.2 Å². The summed E-state index contributed by atoms with van der Waals surface area (Å²) < 4.78 is 12.0. The molecule has 2 atom stereocenters. The smallest absolute Gasteiger partial charge is 0.289 e. The lowest BCUT2D eigenvalue weighted by molar-refractivity contribution is 0.0516. The number of aromatic nitrogens is 3. The fourth-order valence-electron chi connectivity index (χ4n) is 4.56. The highest BCUT2D eigenvalue weighted by atomic mass is 35.5. The molecule has 12 heteroatoms. The van der Waals surface area contributed by atoms with Crippen LogP contribution >= 0.6 is 35.0 Å². The Morgan fingerprint density at radius 1 is 1.06 bits per heavy atom. The van der Waals surface area contributed by atoms with Gasteiger partial charge < -0.3 is 13.7 Å². The van der Waals surface area contributed by atoms with Gasteiger partial charge in [-0.15, -0.1) is 5.10 Å². The van der Waals surface area contributed by atoms with Gasteiger partial charge in [0.25, 0.3) is 11.8 Å². The van der Waals surface area contributed by atoms with Gasteiger partial charge in [-0.25, -0.2) is 0 Å². The topological polar surface area (TPSA) is 97.6 Å². The SMILES string of the molecule is O=C(c1ccco1)N1CCN([C@H](c2ccc(Cl)cc2Cl)C2Sc3nc(-c4ccco4)nn3C2=O)CC1. The number of nitrogens with zero attached hydrogens (tertiary/aromatic N) is 5. The fraction of sp³-hybridized carbons (Fsp3) is 0.250. The molecule has 6 rings (SSSR count). The molecule has 0 saturated carbocycles. The molecule has 2 aliphatic rings. The maximum atomic E-state index is 13.6. The zero-order valence-electron chi connectivity index (χ0n) is 18.7. The molecule has 3 aromatic heterocycles. The van der Waals surface area contributed by atoms with E-state index in [0.29, 0.717) is 58.7 Å². The monoisotopic (exact) mass is 543 g/mol. The highest BCUT2D eigenvalue weighted by molar-refractivity contribution is 8.01. The number of piperazine rings is 1. The van der Waals surface area contributed by atoms with E-state index in [1.807, 2.05) is 6.07 Å². The third kappa shape index (κ3) is 4.13. The predicted octanol–water partition coefficient (Wildman–Crippen LogP) is 4.75. The van der Waals surface area contributed by atoms with Crippen LogP contribution in [0.3, 0.4) is 0 Å². The number of halogens is 2. The van der Waals surface area contributed by atoms with Crippen molar-refractivity contribution in [1.29, 1.82) is 0 Å². The van der Waals surface area contributed by atoms with E-state index >= 15 is 0 Å². The number of furan rings is 2. The highest BCUT2D eigenvalue weighted by Crippen LogP contribution is 2.44. The van der Waals surface area contributed by atoms with Crippen molar-refractivity contribution in [3.05, 3.63) is 76.4 Å². The van der Waals surface area contributed by atoms with Crippen LogP contribution in [0, 0.1) is 0 Å². The van der Waals surface area contributed by atoms with Crippen LogP contribution < -0.4 is 0 Å². The molecule has 1 fully saturated rings. The Morgan fingerprint density at radius 2 is 1.83 bits per heavy atom. The molecule has 1 amide bonds. The second-order valence-electron chi connectivity index (χ2n) is 8.40. The van der Waals surface area contributed by atoms with Crippen LogP contribution in [0.25, 0.3) is 11.6 Å². The Bertz CT molecular complexity index is 1410. The predicted molar refractivity (Wildman–Crippen MR) is 133 cm³/mol. The zero-order chi connectivity index (χ0) is 24.8. The van der Waals surface area contributed by atoms with Crippen LogP contribution in [0.5, 0.6) is 0 Å². The summed E-state index contributed by atoms with van der Waals surface area (Å²) in [7, 11) is 0. The van der Waals surface area contributed by atoms with E-state index in [0.717, 1.165) is 5.56 Å². The van der Waals surface area contributed by atoms with Gasteiger partial charge in [0, 0.05) is 36.2 Å². The standard InChI is InChI=1S/C24H19Cl2N5O4S/c25-14-5-6-15(16(26)13-14)19(29-7-9-30(10-8-29)22(32)18-4-2-12-35-18)20-23(33)31-24(36-20)27-21(28-31)17-3-1-11-34-17/h1-6,11-13,19-20H,7-10H2/t19-,20?/m1/s1. The van der Waals surface area contributed by atoms with Gasteiger partial charge in [-0.1, -0.05) is 41.0 Å². The average molecular weight is 544 g/mol. The van der Waals surface area contributed by atoms with Gasteiger partial charge in [-0.3, -0.25) is 14.5 Å². The van der Waals surface area contributed by atoms with Crippen molar-refractivity contribution < 1.29 is 18.4 Å².